The fraction of sp³-hybridized carbons (Fsp3) is 0.212. The Labute approximate surface area is 228 Å². The molecule has 0 saturated heterocycles. The van der Waals surface area contributed by atoms with Crippen molar-refractivity contribution in [1.82, 2.24) is 0 Å². The number of benzene rings is 4. The zero-order valence-electron chi connectivity index (χ0n) is 21.9. The van der Waals surface area contributed by atoms with Gasteiger partial charge in [0, 0.05) is 11.4 Å². The summed E-state index contributed by atoms with van der Waals surface area (Å²) in [5.41, 5.74) is 5.18. The number of nitrogens with one attached hydrogen (secondary N) is 1. The number of allylic oxidation sites excluding steroid dienone is 1. The lowest BCUT2D eigenvalue weighted by Gasteiger charge is -2.26. The molecule has 1 N–H and O–H groups in total. The van der Waals surface area contributed by atoms with E-state index >= 15 is 0 Å². The van der Waals surface area contributed by atoms with Crippen molar-refractivity contribution < 1.29 is 17.0 Å². The number of hydrogen-bond donors (Lipinski definition) is 1. The van der Waals surface area contributed by atoms with Crippen LogP contribution < -0.4 is 38.2 Å². The highest BCUT2D eigenvalue weighted by Crippen LogP contribution is 2.57. The number of halogens is 1. The Morgan fingerprint density at radius 1 is 0.583 bits per heavy atom. The highest BCUT2D eigenvalue weighted by atomic mass is 79.9. The highest BCUT2D eigenvalue weighted by molar-refractivity contribution is 7.98. The first-order valence-corrected chi connectivity index (χ1v) is 14.4. The van der Waals surface area contributed by atoms with Gasteiger partial charge in [-0.05, 0) is 66.3 Å². The number of rotatable bonds is 8. The Bertz CT molecular complexity index is 1140. The first-order valence-electron chi connectivity index (χ1n) is 12.6. The lowest BCUT2D eigenvalue weighted by molar-refractivity contribution is -0.00000721. The molecule has 0 fully saturated rings. The third-order valence-electron chi connectivity index (χ3n) is 6.57. The van der Waals surface area contributed by atoms with Crippen LogP contribution in [0.1, 0.15) is 57.6 Å². The second-order valence-corrected chi connectivity index (χ2v) is 13.0. The first-order chi connectivity index (χ1) is 16.9. The summed E-state index contributed by atoms with van der Waals surface area (Å²) in [6, 6.07) is 39.8. The van der Waals surface area contributed by atoms with E-state index in [1.165, 1.54) is 38.4 Å². The standard InChI is InChI=1S/C33H37NP.BrH/c1-25(2)31-22-15-23-32(26(3)4)33(31)34-27(5)24-35(28-16-9-6-10-17-28,29-18-11-7-12-19-29)30-20-13-8-14-21-30;/h6-26,34H,1-5H3;1H/q+1;/p-1/b27-24+;. The van der Waals surface area contributed by atoms with Crippen LogP contribution in [-0.2, 0) is 0 Å². The zero-order valence-corrected chi connectivity index (χ0v) is 24.4. The Kier molecular flexibility index (Phi) is 9.71. The molecule has 0 amide bonds. The molecule has 4 aromatic rings. The number of para-hydroxylation sites is 1. The van der Waals surface area contributed by atoms with Crippen LogP contribution in [0.3, 0.4) is 0 Å². The summed E-state index contributed by atoms with van der Waals surface area (Å²) in [7, 11) is -2.05. The van der Waals surface area contributed by atoms with Crippen LogP contribution in [0.15, 0.2) is 121 Å². The second kappa shape index (κ2) is 12.5. The fourth-order valence-electron chi connectivity index (χ4n) is 4.88. The summed E-state index contributed by atoms with van der Waals surface area (Å²) in [5, 5.41) is 7.98. The van der Waals surface area contributed by atoms with Crippen molar-refractivity contribution in [3.05, 3.63) is 132 Å². The van der Waals surface area contributed by atoms with E-state index < -0.39 is 7.26 Å². The van der Waals surface area contributed by atoms with Crippen molar-refractivity contribution in [3.63, 3.8) is 0 Å². The van der Waals surface area contributed by atoms with E-state index in [0.29, 0.717) is 11.8 Å². The van der Waals surface area contributed by atoms with Crippen molar-refractivity contribution in [2.24, 2.45) is 0 Å². The Morgan fingerprint density at radius 2 is 0.944 bits per heavy atom. The van der Waals surface area contributed by atoms with Crippen LogP contribution in [-0.4, -0.2) is 0 Å². The van der Waals surface area contributed by atoms with E-state index in [1.807, 2.05) is 0 Å². The molecule has 4 rings (SSSR count). The minimum Gasteiger partial charge on any atom is -1.00 e. The largest absolute Gasteiger partial charge is 1.00 e. The maximum atomic E-state index is 3.90. The quantitative estimate of drug-likeness (QED) is 0.293. The van der Waals surface area contributed by atoms with Crippen LogP contribution >= 0.6 is 7.26 Å². The summed E-state index contributed by atoms with van der Waals surface area (Å²) in [6.07, 6.45) is 0. The molecule has 0 unspecified atom stereocenters. The average molecular weight is 559 g/mol. The van der Waals surface area contributed by atoms with Crippen molar-refractivity contribution in [1.29, 1.82) is 0 Å². The van der Waals surface area contributed by atoms with Crippen molar-refractivity contribution in [3.8, 4) is 0 Å². The van der Waals surface area contributed by atoms with Gasteiger partial charge in [0.2, 0.25) is 0 Å². The molecule has 3 heteroatoms. The van der Waals surface area contributed by atoms with Gasteiger partial charge in [-0.3, -0.25) is 0 Å². The van der Waals surface area contributed by atoms with Crippen molar-refractivity contribution in [2.45, 2.75) is 46.5 Å². The van der Waals surface area contributed by atoms with E-state index in [4.69, 9.17) is 0 Å². The highest BCUT2D eigenvalue weighted by Gasteiger charge is 2.44. The van der Waals surface area contributed by atoms with Gasteiger partial charge in [0.25, 0.3) is 0 Å². The van der Waals surface area contributed by atoms with Gasteiger partial charge in [-0.2, -0.15) is 0 Å². The molecule has 0 aromatic heterocycles. The molecule has 0 atom stereocenters. The molecule has 36 heavy (non-hydrogen) atoms. The molecule has 0 heterocycles. The fourth-order valence-corrected chi connectivity index (χ4v) is 8.79. The summed E-state index contributed by atoms with van der Waals surface area (Å²) < 4.78 is 0. The van der Waals surface area contributed by atoms with Crippen molar-refractivity contribution in [2.75, 3.05) is 5.32 Å². The second-order valence-electron chi connectivity index (χ2n) is 9.79. The lowest BCUT2D eigenvalue weighted by Crippen LogP contribution is -3.00. The van der Waals surface area contributed by atoms with E-state index in [0.717, 1.165) is 0 Å². The van der Waals surface area contributed by atoms with Gasteiger partial charge in [0.15, 0.2) is 0 Å². The van der Waals surface area contributed by atoms with E-state index in [-0.39, 0.29) is 17.0 Å². The van der Waals surface area contributed by atoms with Gasteiger partial charge in [-0.25, -0.2) is 0 Å². The van der Waals surface area contributed by atoms with Gasteiger partial charge in [-0.1, -0.05) is 100 Å². The SMILES string of the molecule is C/C(=C\[P+](c1ccccc1)(c1ccccc1)c1ccccc1)Nc1c(C(C)C)cccc1C(C)C.[Br-]. The molecule has 0 aliphatic carbocycles. The molecule has 0 bridgehead atoms. The summed E-state index contributed by atoms with van der Waals surface area (Å²) in [5.74, 6) is 3.41. The monoisotopic (exact) mass is 557 g/mol. The minimum absolute atomic E-state index is 0. The van der Waals surface area contributed by atoms with Crippen molar-refractivity contribution >= 4 is 28.9 Å². The number of anilines is 1. The third kappa shape index (κ3) is 5.83. The van der Waals surface area contributed by atoms with Gasteiger partial charge in [-0.15, -0.1) is 0 Å². The van der Waals surface area contributed by atoms with Gasteiger partial charge >= 0.3 is 0 Å². The average Bonchev–Trinajstić information content (AvgIpc) is 2.88. The van der Waals surface area contributed by atoms with Crippen LogP contribution in [0.5, 0.6) is 0 Å². The van der Waals surface area contributed by atoms with Gasteiger partial charge in [0.1, 0.15) is 23.2 Å². The van der Waals surface area contributed by atoms with Crippen LogP contribution in [0.2, 0.25) is 0 Å². The molecule has 186 valence electrons. The molecular weight excluding hydrogens is 521 g/mol. The Balaban J connectivity index is 0.00000361. The minimum atomic E-state index is -2.05. The predicted molar refractivity (Wildman–Crippen MR) is 157 cm³/mol. The number of hydrogen-bond acceptors (Lipinski definition) is 1. The zero-order chi connectivity index (χ0) is 24.8. The molecule has 0 aliphatic heterocycles. The topological polar surface area (TPSA) is 12.0 Å². The van der Waals surface area contributed by atoms with Gasteiger partial charge in [0.05, 0.1) is 5.82 Å². The lowest BCUT2D eigenvalue weighted by atomic mass is 9.92. The maximum Gasteiger partial charge on any atom is 0.138 e. The van der Waals surface area contributed by atoms with Crippen LogP contribution in [0.4, 0.5) is 5.69 Å². The molecule has 0 saturated carbocycles. The smallest absolute Gasteiger partial charge is 0.138 e. The normalized spacial score (nSPS) is 11.9. The molecular formula is C33H37BrNP. The van der Waals surface area contributed by atoms with E-state index in [2.05, 4.69) is 155 Å². The van der Waals surface area contributed by atoms with Crippen LogP contribution in [0.25, 0.3) is 0 Å². The first kappa shape index (κ1) is 27.9. The maximum absolute atomic E-state index is 3.90. The van der Waals surface area contributed by atoms with Crippen LogP contribution in [0, 0.1) is 0 Å². The molecule has 0 aliphatic rings. The van der Waals surface area contributed by atoms with Gasteiger partial charge < -0.3 is 22.3 Å². The molecule has 0 radical (unpaired) electrons. The summed E-state index contributed by atoms with van der Waals surface area (Å²) >= 11 is 0. The molecule has 4 aromatic carbocycles. The summed E-state index contributed by atoms with van der Waals surface area (Å²) in [4.78, 5) is 0. The molecule has 1 nitrogen and oxygen atoms in total. The predicted octanol–water partition coefficient (Wildman–Crippen LogP) is 5.20. The molecule has 0 spiro atoms. The Morgan fingerprint density at radius 3 is 1.28 bits per heavy atom. The third-order valence-corrected chi connectivity index (χ3v) is 10.7. The van der Waals surface area contributed by atoms with E-state index in [1.54, 1.807) is 0 Å². The van der Waals surface area contributed by atoms with E-state index in [9.17, 15) is 0 Å². The Hall–Kier alpha value is -2.67. The summed E-state index contributed by atoms with van der Waals surface area (Å²) in [6.45, 7) is 11.3.